The summed E-state index contributed by atoms with van der Waals surface area (Å²) in [6, 6.07) is 8.80. The van der Waals surface area contributed by atoms with Crippen molar-refractivity contribution in [3.63, 3.8) is 0 Å². The van der Waals surface area contributed by atoms with Crippen LogP contribution in [0.3, 0.4) is 0 Å². The maximum Gasteiger partial charge on any atom is 0.398 e. The molecule has 1 unspecified atom stereocenters. The Morgan fingerprint density at radius 3 is 2.43 bits per heavy atom. The van der Waals surface area contributed by atoms with Crippen molar-refractivity contribution in [1.82, 2.24) is 14.8 Å². The van der Waals surface area contributed by atoms with Crippen LogP contribution in [-0.4, -0.2) is 32.8 Å². The second-order valence-electron chi connectivity index (χ2n) is 5.53. The molecule has 0 saturated heterocycles. The fraction of sp³-hybridized carbons (Fsp3) is 0.125. The van der Waals surface area contributed by atoms with Crippen molar-refractivity contribution < 1.29 is 27.0 Å². The van der Waals surface area contributed by atoms with Gasteiger partial charge >= 0.3 is 10.4 Å². The maximum absolute atomic E-state index is 11.2. The van der Waals surface area contributed by atoms with E-state index < -0.39 is 16.5 Å². The van der Waals surface area contributed by atoms with Crippen LogP contribution in [0.15, 0.2) is 49.1 Å². The minimum Gasteiger partial charge on any atom is -0.506 e. The monoisotopic (exact) mass is 445 g/mol. The molecule has 2 aromatic carbocycles. The molecule has 0 aliphatic heterocycles. The third-order valence-corrected chi connectivity index (χ3v) is 4.65. The molecule has 12 heteroatoms. The first-order chi connectivity index (χ1) is 13.2. The van der Waals surface area contributed by atoms with Gasteiger partial charge in [-0.1, -0.05) is 29.3 Å². The minimum atomic E-state index is -4.75. The van der Waals surface area contributed by atoms with Gasteiger partial charge in [-0.2, -0.15) is 13.5 Å². The zero-order valence-electron chi connectivity index (χ0n) is 13.9. The summed E-state index contributed by atoms with van der Waals surface area (Å²) in [7, 11) is -4.75. The van der Waals surface area contributed by atoms with Crippen LogP contribution < -0.4 is 4.74 Å². The molecule has 3 aromatic rings. The quantitative estimate of drug-likeness (QED) is 0.528. The lowest BCUT2D eigenvalue weighted by Crippen LogP contribution is -2.17. The Labute approximate surface area is 170 Å². The Morgan fingerprint density at radius 1 is 1.11 bits per heavy atom. The molecular formula is C16H13Cl2N3O6S. The van der Waals surface area contributed by atoms with Crippen LogP contribution in [0, 0.1) is 0 Å². The Kier molecular flexibility index (Phi) is 6.06. The third-order valence-electron chi connectivity index (χ3n) is 3.53. The van der Waals surface area contributed by atoms with Crippen molar-refractivity contribution in [2.45, 2.75) is 12.6 Å². The molecule has 0 radical (unpaired) electrons. The maximum atomic E-state index is 11.2. The van der Waals surface area contributed by atoms with Crippen LogP contribution in [-0.2, 0) is 21.1 Å². The van der Waals surface area contributed by atoms with Crippen molar-refractivity contribution >= 4 is 33.6 Å². The lowest BCUT2D eigenvalue weighted by atomic mass is 10.1. The summed E-state index contributed by atoms with van der Waals surface area (Å²) in [4.78, 5) is 3.76. The minimum absolute atomic E-state index is 0.0647. The molecule has 0 bridgehead atoms. The van der Waals surface area contributed by atoms with Crippen molar-refractivity contribution in [3.05, 3.63) is 64.7 Å². The van der Waals surface area contributed by atoms with Gasteiger partial charge in [0.2, 0.25) is 0 Å². The summed E-state index contributed by atoms with van der Waals surface area (Å²) >= 11 is 12.0. The molecule has 148 valence electrons. The van der Waals surface area contributed by atoms with Crippen molar-refractivity contribution in [2.24, 2.45) is 0 Å². The molecule has 0 amide bonds. The largest absolute Gasteiger partial charge is 0.506 e. The van der Waals surface area contributed by atoms with Gasteiger partial charge in [-0.3, -0.25) is 4.55 Å². The number of phenols is 1. The van der Waals surface area contributed by atoms with Crippen LogP contribution in [0.25, 0.3) is 0 Å². The van der Waals surface area contributed by atoms with Gasteiger partial charge in [0.1, 0.15) is 36.0 Å². The van der Waals surface area contributed by atoms with Gasteiger partial charge in [0, 0.05) is 11.6 Å². The number of hydrogen-bond acceptors (Lipinski definition) is 7. The molecule has 1 atom stereocenters. The molecule has 2 N–H and O–H groups in total. The summed E-state index contributed by atoms with van der Waals surface area (Å²) < 4.78 is 43.1. The highest BCUT2D eigenvalue weighted by Crippen LogP contribution is 2.34. The topological polar surface area (TPSA) is 124 Å². The molecule has 3 rings (SSSR count). The van der Waals surface area contributed by atoms with Gasteiger partial charge in [0.05, 0.1) is 16.6 Å². The van der Waals surface area contributed by atoms with Crippen molar-refractivity contribution in [1.29, 1.82) is 0 Å². The predicted octanol–water partition coefficient (Wildman–Crippen LogP) is 3.64. The highest BCUT2D eigenvalue weighted by atomic mass is 35.5. The number of benzene rings is 2. The molecule has 28 heavy (non-hydrogen) atoms. The first kappa shape index (κ1) is 20.4. The summed E-state index contributed by atoms with van der Waals surface area (Å²) in [5.41, 5.74) is 0.279. The average molecular weight is 446 g/mol. The van der Waals surface area contributed by atoms with Crippen LogP contribution in [0.5, 0.6) is 17.2 Å². The number of phenolic OH excluding ortho intramolecular Hbond substituents is 1. The molecule has 1 heterocycles. The number of hydrogen-bond donors (Lipinski definition) is 2. The van der Waals surface area contributed by atoms with Gasteiger partial charge in [-0.05, 0) is 24.3 Å². The van der Waals surface area contributed by atoms with E-state index in [4.69, 9.17) is 36.7 Å². The van der Waals surface area contributed by atoms with E-state index in [1.54, 1.807) is 6.07 Å². The lowest BCUT2D eigenvalue weighted by Gasteiger charge is -2.18. The Bertz CT molecular complexity index is 1080. The fourth-order valence-corrected chi connectivity index (χ4v) is 3.22. The second-order valence-corrected chi connectivity index (χ2v) is 7.39. The fourth-order valence-electron chi connectivity index (χ4n) is 2.35. The van der Waals surface area contributed by atoms with Crippen molar-refractivity contribution in [2.75, 3.05) is 0 Å². The Morgan fingerprint density at radius 2 is 1.82 bits per heavy atom. The number of nitrogens with zero attached hydrogens (tertiary/aromatic N) is 3. The summed E-state index contributed by atoms with van der Waals surface area (Å²) in [6.45, 7) is -0.0647. The zero-order chi connectivity index (χ0) is 20.3. The van der Waals surface area contributed by atoms with Crippen LogP contribution in [0.1, 0.15) is 11.7 Å². The molecule has 0 spiro atoms. The van der Waals surface area contributed by atoms with Gasteiger partial charge in [0.15, 0.2) is 0 Å². The number of halogens is 2. The van der Waals surface area contributed by atoms with Gasteiger partial charge < -0.3 is 9.84 Å². The molecule has 0 aliphatic carbocycles. The first-order valence-corrected chi connectivity index (χ1v) is 9.77. The van der Waals surface area contributed by atoms with Crippen LogP contribution in [0.2, 0.25) is 10.0 Å². The number of aromatic hydroxyl groups is 1. The second kappa shape index (κ2) is 8.33. The lowest BCUT2D eigenvalue weighted by molar-refractivity contribution is 0.161. The standard InChI is InChI=1S/C16H13Cl2N3O6S/c17-13-4-2-11(6-15(13)22)26-10-1-3-12(14(18)5-10)16(27-28(23,24)25)7-21-9-19-8-20-21/h1-6,8-9,16,22H,7H2,(H,23,24,25). The first-order valence-electron chi connectivity index (χ1n) is 7.65. The van der Waals surface area contributed by atoms with E-state index in [0.717, 1.165) is 0 Å². The summed E-state index contributed by atoms with van der Waals surface area (Å²) in [6.07, 6.45) is 1.47. The van der Waals surface area contributed by atoms with E-state index in [1.165, 1.54) is 47.7 Å². The van der Waals surface area contributed by atoms with E-state index >= 15 is 0 Å². The summed E-state index contributed by atoms with van der Waals surface area (Å²) in [5, 5.41) is 13.8. The number of ether oxygens (including phenoxy) is 1. The molecule has 0 saturated carbocycles. The number of rotatable bonds is 7. The van der Waals surface area contributed by atoms with E-state index in [9.17, 15) is 13.5 Å². The van der Waals surface area contributed by atoms with E-state index in [1.807, 2.05) is 0 Å². The van der Waals surface area contributed by atoms with E-state index in [-0.39, 0.29) is 27.9 Å². The molecule has 9 nitrogen and oxygen atoms in total. The highest BCUT2D eigenvalue weighted by molar-refractivity contribution is 7.80. The molecular weight excluding hydrogens is 433 g/mol. The zero-order valence-corrected chi connectivity index (χ0v) is 16.3. The van der Waals surface area contributed by atoms with Gasteiger partial charge in [-0.15, -0.1) is 0 Å². The van der Waals surface area contributed by atoms with Crippen LogP contribution >= 0.6 is 23.2 Å². The molecule has 0 fully saturated rings. The third kappa shape index (κ3) is 5.33. The van der Waals surface area contributed by atoms with Crippen molar-refractivity contribution in [3.8, 4) is 17.2 Å². The SMILES string of the molecule is O=S(=O)(O)OC(Cn1cncn1)c1ccc(Oc2ccc(Cl)c(O)c2)cc1Cl. The Hall–Kier alpha value is -2.37. The Balaban J connectivity index is 1.86. The normalized spacial score (nSPS) is 12.7. The van der Waals surface area contributed by atoms with E-state index in [2.05, 4.69) is 10.1 Å². The summed E-state index contributed by atoms with van der Waals surface area (Å²) in [5.74, 6) is 0.497. The molecule has 0 aliphatic rings. The van der Waals surface area contributed by atoms with E-state index in [0.29, 0.717) is 11.5 Å². The van der Waals surface area contributed by atoms with Crippen LogP contribution in [0.4, 0.5) is 0 Å². The smallest absolute Gasteiger partial charge is 0.398 e. The average Bonchev–Trinajstić information content (AvgIpc) is 3.10. The predicted molar refractivity (Wildman–Crippen MR) is 100 cm³/mol. The number of aromatic nitrogens is 3. The highest BCUT2D eigenvalue weighted by Gasteiger charge is 2.23. The van der Waals surface area contributed by atoms with Gasteiger partial charge in [0.25, 0.3) is 0 Å². The molecule has 1 aromatic heterocycles. The van der Waals surface area contributed by atoms with Gasteiger partial charge in [-0.25, -0.2) is 13.8 Å².